The molecule has 0 unspecified atom stereocenters. The molecule has 1 fully saturated rings. The predicted molar refractivity (Wildman–Crippen MR) is 85.4 cm³/mol. The molecule has 0 spiro atoms. The van der Waals surface area contributed by atoms with Gasteiger partial charge in [0.2, 0.25) is 5.89 Å². The quantitative estimate of drug-likeness (QED) is 0.908. The smallest absolute Gasteiger partial charge is 0.319 e. The van der Waals surface area contributed by atoms with Crippen molar-refractivity contribution in [3.8, 4) is 0 Å². The van der Waals surface area contributed by atoms with Gasteiger partial charge in [0.25, 0.3) is 0 Å². The summed E-state index contributed by atoms with van der Waals surface area (Å²) in [6, 6.07) is 5.10. The van der Waals surface area contributed by atoms with E-state index in [1.165, 1.54) is 0 Å². The number of rotatable bonds is 3. The van der Waals surface area contributed by atoms with Crippen LogP contribution in [0.1, 0.15) is 26.7 Å². The lowest BCUT2D eigenvalue weighted by atomic mass is 9.97. The number of nitrogens with zero attached hydrogens (tertiary/aromatic N) is 1. The van der Waals surface area contributed by atoms with Crippen LogP contribution in [0, 0.1) is 0 Å². The molecule has 1 aliphatic heterocycles. The first kappa shape index (κ1) is 15.8. The van der Waals surface area contributed by atoms with Gasteiger partial charge in [-0.1, -0.05) is 20.8 Å². The molecule has 7 nitrogen and oxygen atoms in total. The molecule has 1 aromatic heterocycles. The van der Waals surface area contributed by atoms with E-state index >= 15 is 0 Å². The minimum Gasteiger partial charge on any atom is -0.440 e. The number of carbonyl (C=O) groups excluding carboxylic acids is 1. The number of aromatic nitrogens is 1. The van der Waals surface area contributed by atoms with Gasteiger partial charge in [-0.15, -0.1) is 0 Å². The Bertz CT molecular complexity index is 699. The van der Waals surface area contributed by atoms with Gasteiger partial charge in [0.05, 0.1) is 6.61 Å². The second-order valence-electron chi connectivity index (χ2n) is 6.56. The Morgan fingerprint density at radius 3 is 2.91 bits per heavy atom. The van der Waals surface area contributed by atoms with Crippen molar-refractivity contribution in [1.29, 1.82) is 0 Å². The van der Waals surface area contributed by atoms with E-state index in [9.17, 15) is 4.79 Å². The number of nitrogens with one attached hydrogen (secondary N) is 2. The third-order valence-corrected chi connectivity index (χ3v) is 3.47. The minimum atomic E-state index is -0.292. The first-order valence-corrected chi connectivity index (χ1v) is 7.57. The van der Waals surface area contributed by atoms with E-state index < -0.39 is 0 Å². The van der Waals surface area contributed by atoms with Gasteiger partial charge in [-0.2, -0.15) is 0 Å². The zero-order valence-corrected chi connectivity index (χ0v) is 13.5. The van der Waals surface area contributed by atoms with Gasteiger partial charge in [-0.05, 0) is 18.2 Å². The van der Waals surface area contributed by atoms with E-state index in [0.29, 0.717) is 30.3 Å². The van der Waals surface area contributed by atoms with Crippen LogP contribution in [0.4, 0.5) is 10.5 Å². The van der Waals surface area contributed by atoms with Crippen molar-refractivity contribution in [2.24, 2.45) is 0 Å². The summed E-state index contributed by atoms with van der Waals surface area (Å²) in [7, 11) is 0. The average Bonchev–Trinajstić information content (AvgIpc) is 3.13. The van der Waals surface area contributed by atoms with Gasteiger partial charge in [0, 0.05) is 17.6 Å². The van der Waals surface area contributed by atoms with Crippen molar-refractivity contribution in [2.45, 2.75) is 32.3 Å². The second kappa shape index (κ2) is 6.17. The zero-order chi connectivity index (χ0) is 16.4. The average molecular weight is 319 g/mol. The van der Waals surface area contributed by atoms with Crippen LogP contribution in [0.2, 0.25) is 0 Å². The van der Waals surface area contributed by atoms with Crippen LogP contribution in [-0.4, -0.2) is 37.1 Å². The second-order valence-corrected chi connectivity index (χ2v) is 6.56. The number of carbonyl (C=O) groups is 1. The molecule has 1 saturated heterocycles. The number of urea groups is 1. The van der Waals surface area contributed by atoms with E-state index in [0.717, 1.165) is 5.52 Å². The summed E-state index contributed by atoms with van der Waals surface area (Å²) < 4.78 is 16.1. The minimum absolute atomic E-state index is 0.0897. The molecule has 0 aliphatic carbocycles. The number of benzene rings is 1. The van der Waals surface area contributed by atoms with Crippen molar-refractivity contribution < 1.29 is 18.7 Å². The molecule has 0 bridgehead atoms. The number of hydrogen-bond acceptors (Lipinski definition) is 5. The van der Waals surface area contributed by atoms with Crippen LogP contribution in [0.15, 0.2) is 22.6 Å². The molecule has 1 aromatic carbocycles. The van der Waals surface area contributed by atoms with Crippen LogP contribution >= 0.6 is 0 Å². The third kappa shape index (κ3) is 3.80. The van der Waals surface area contributed by atoms with Crippen molar-refractivity contribution in [1.82, 2.24) is 10.3 Å². The van der Waals surface area contributed by atoms with Gasteiger partial charge in [0.1, 0.15) is 18.4 Å². The van der Waals surface area contributed by atoms with Crippen LogP contribution in [-0.2, 0) is 14.9 Å². The predicted octanol–water partition coefficient (Wildman–Crippen LogP) is 2.62. The summed E-state index contributed by atoms with van der Waals surface area (Å²) in [6.07, 6.45) is -0.0897. The van der Waals surface area contributed by atoms with E-state index in [2.05, 4.69) is 15.6 Å². The summed E-state index contributed by atoms with van der Waals surface area (Å²) in [5, 5.41) is 5.53. The topological polar surface area (TPSA) is 85.6 Å². The first-order valence-electron chi connectivity index (χ1n) is 7.57. The van der Waals surface area contributed by atoms with Gasteiger partial charge >= 0.3 is 6.03 Å². The molecule has 3 rings (SSSR count). The number of hydrogen-bond donors (Lipinski definition) is 2. The molecule has 2 N–H and O–H groups in total. The van der Waals surface area contributed by atoms with Gasteiger partial charge in [-0.3, -0.25) is 0 Å². The summed E-state index contributed by atoms with van der Waals surface area (Å²) in [5.41, 5.74) is 1.93. The maximum absolute atomic E-state index is 11.9. The van der Waals surface area contributed by atoms with Crippen LogP contribution < -0.4 is 10.6 Å². The van der Waals surface area contributed by atoms with E-state index in [1.807, 2.05) is 20.8 Å². The van der Waals surface area contributed by atoms with Crippen LogP contribution in [0.25, 0.3) is 11.1 Å². The van der Waals surface area contributed by atoms with Crippen molar-refractivity contribution in [2.75, 3.05) is 25.3 Å². The molecule has 7 heteroatoms. The fourth-order valence-corrected chi connectivity index (χ4v) is 2.20. The molecule has 2 amide bonds. The molecule has 2 aromatic rings. The maximum Gasteiger partial charge on any atom is 0.319 e. The van der Waals surface area contributed by atoms with E-state index in [1.54, 1.807) is 18.2 Å². The number of oxazole rings is 1. The lowest BCUT2D eigenvalue weighted by molar-refractivity contribution is 0.0476. The lowest BCUT2D eigenvalue weighted by Crippen LogP contribution is -2.36. The Labute approximate surface area is 134 Å². The Kier molecular flexibility index (Phi) is 4.23. The SMILES string of the molecule is CC(C)(C)c1nc2cc(NC(=O)NC[C@H]3COCO3)ccc2o1. The molecular weight excluding hydrogens is 298 g/mol. The standard InChI is InChI=1S/C16H21N3O4/c1-16(2,3)14-19-12-6-10(4-5-13(12)23-14)18-15(20)17-7-11-8-21-9-22-11/h4-6,11H,7-9H2,1-3H3,(H2,17,18,20)/t11-/m0/s1. The normalized spacial score (nSPS) is 18.3. The van der Waals surface area contributed by atoms with Gasteiger partial charge < -0.3 is 24.5 Å². The van der Waals surface area contributed by atoms with Crippen LogP contribution in [0.3, 0.4) is 0 Å². The number of fused-ring (bicyclic) bond motifs is 1. The highest BCUT2D eigenvalue weighted by Gasteiger charge is 2.21. The van der Waals surface area contributed by atoms with Crippen molar-refractivity contribution in [3.05, 3.63) is 24.1 Å². The van der Waals surface area contributed by atoms with Crippen LogP contribution in [0.5, 0.6) is 0 Å². The van der Waals surface area contributed by atoms with Gasteiger partial charge in [0.15, 0.2) is 5.58 Å². The largest absolute Gasteiger partial charge is 0.440 e. The van der Waals surface area contributed by atoms with Gasteiger partial charge in [-0.25, -0.2) is 9.78 Å². The lowest BCUT2D eigenvalue weighted by Gasteiger charge is -2.11. The molecule has 2 heterocycles. The highest BCUT2D eigenvalue weighted by molar-refractivity contribution is 5.91. The highest BCUT2D eigenvalue weighted by Crippen LogP contribution is 2.27. The Morgan fingerprint density at radius 1 is 1.39 bits per heavy atom. The molecule has 124 valence electrons. The molecular formula is C16H21N3O4. The Balaban J connectivity index is 1.64. The molecule has 1 aliphatic rings. The monoisotopic (exact) mass is 319 g/mol. The first-order chi connectivity index (χ1) is 10.9. The number of amides is 2. The van der Waals surface area contributed by atoms with Crippen molar-refractivity contribution in [3.63, 3.8) is 0 Å². The number of anilines is 1. The Morgan fingerprint density at radius 2 is 2.22 bits per heavy atom. The highest BCUT2D eigenvalue weighted by atomic mass is 16.7. The summed E-state index contributed by atoms with van der Waals surface area (Å²) in [5.74, 6) is 0.674. The molecule has 0 radical (unpaired) electrons. The zero-order valence-electron chi connectivity index (χ0n) is 13.5. The Hall–Kier alpha value is -2.12. The maximum atomic E-state index is 11.9. The summed E-state index contributed by atoms with van der Waals surface area (Å²) >= 11 is 0. The molecule has 23 heavy (non-hydrogen) atoms. The molecule has 0 saturated carbocycles. The molecule has 1 atom stereocenters. The summed E-state index contributed by atoms with van der Waals surface area (Å²) in [6.45, 7) is 7.32. The van der Waals surface area contributed by atoms with Crippen molar-refractivity contribution >= 4 is 22.8 Å². The third-order valence-electron chi connectivity index (χ3n) is 3.47. The van der Waals surface area contributed by atoms with E-state index in [4.69, 9.17) is 13.9 Å². The summed E-state index contributed by atoms with van der Waals surface area (Å²) in [4.78, 5) is 16.4. The number of ether oxygens (including phenoxy) is 2. The fraction of sp³-hybridized carbons (Fsp3) is 0.500. The van der Waals surface area contributed by atoms with E-state index in [-0.39, 0.29) is 24.3 Å². The fourth-order valence-electron chi connectivity index (χ4n) is 2.20.